The van der Waals surface area contributed by atoms with E-state index in [1.54, 1.807) is 0 Å². The minimum absolute atomic E-state index is 0.0895. The van der Waals surface area contributed by atoms with Gasteiger partial charge in [0.05, 0.1) is 17.3 Å². The summed E-state index contributed by atoms with van der Waals surface area (Å²) in [5.41, 5.74) is 3.71. The van der Waals surface area contributed by atoms with Crippen LogP contribution in [0.25, 0.3) is 16.7 Å². The zero-order chi connectivity index (χ0) is 24.4. The zero-order valence-corrected chi connectivity index (χ0v) is 20.7. The van der Waals surface area contributed by atoms with Gasteiger partial charge >= 0.3 is 0 Å². The maximum absolute atomic E-state index is 13.0. The van der Waals surface area contributed by atoms with Gasteiger partial charge in [-0.25, -0.2) is 14.6 Å². The lowest BCUT2D eigenvalue weighted by atomic mass is 10.1. The van der Waals surface area contributed by atoms with E-state index in [-0.39, 0.29) is 11.8 Å². The lowest BCUT2D eigenvalue weighted by Crippen LogP contribution is -2.49. The SMILES string of the molecule is CCC[C@H](C)c1nc(N2CCN(C(=O)c3ccc(C)cc3)CC2)c2cnn(-c3ccccc3)c2n1. The highest BCUT2D eigenvalue weighted by Crippen LogP contribution is 2.29. The summed E-state index contributed by atoms with van der Waals surface area (Å²) in [7, 11) is 0. The first-order valence-electron chi connectivity index (χ1n) is 12.5. The van der Waals surface area contributed by atoms with Crippen LogP contribution >= 0.6 is 0 Å². The first-order valence-corrected chi connectivity index (χ1v) is 12.5. The van der Waals surface area contributed by atoms with E-state index in [2.05, 4.69) is 23.8 Å². The van der Waals surface area contributed by atoms with Crippen LogP contribution in [0.4, 0.5) is 5.82 Å². The number of nitrogens with zero attached hydrogens (tertiary/aromatic N) is 6. The zero-order valence-electron chi connectivity index (χ0n) is 20.7. The Labute approximate surface area is 206 Å². The van der Waals surface area contributed by atoms with E-state index in [0.717, 1.165) is 65.4 Å². The van der Waals surface area contributed by atoms with Gasteiger partial charge in [0.15, 0.2) is 5.65 Å². The molecule has 1 atom stereocenters. The van der Waals surface area contributed by atoms with Crippen molar-refractivity contribution in [2.45, 2.75) is 39.5 Å². The van der Waals surface area contributed by atoms with Crippen molar-refractivity contribution in [3.8, 4) is 5.69 Å². The third-order valence-corrected chi connectivity index (χ3v) is 6.75. The molecule has 1 aliphatic heterocycles. The molecule has 0 radical (unpaired) electrons. The number of carbonyl (C=O) groups excluding carboxylic acids is 1. The van der Waals surface area contributed by atoms with Gasteiger partial charge < -0.3 is 9.80 Å². The minimum atomic E-state index is 0.0895. The van der Waals surface area contributed by atoms with Gasteiger partial charge in [-0.3, -0.25) is 4.79 Å². The molecule has 0 N–H and O–H groups in total. The molecule has 0 aliphatic carbocycles. The number of hydrogen-bond acceptors (Lipinski definition) is 5. The Balaban J connectivity index is 1.45. The second-order valence-electron chi connectivity index (χ2n) is 9.37. The summed E-state index contributed by atoms with van der Waals surface area (Å²) in [5.74, 6) is 2.11. The van der Waals surface area contributed by atoms with Crippen molar-refractivity contribution in [1.82, 2.24) is 24.6 Å². The summed E-state index contributed by atoms with van der Waals surface area (Å²) < 4.78 is 1.90. The number of amides is 1. The van der Waals surface area contributed by atoms with Crippen molar-refractivity contribution in [2.75, 3.05) is 31.1 Å². The predicted octanol–water partition coefficient (Wildman–Crippen LogP) is 4.99. The third-order valence-electron chi connectivity index (χ3n) is 6.75. The smallest absolute Gasteiger partial charge is 0.253 e. The monoisotopic (exact) mass is 468 g/mol. The van der Waals surface area contributed by atoms with Crippen LogP contribution in [0.5, 0.6) is 0 Å². The van der Waals surface area contributed by atoms with E-state index in [1.807, 2.05) is 77.3 Å². The number of piperazine rings is 1. The van der Waals surface area contributed by atoms with Gasteiger partial charge in [-0.1, -0.05) is 56.2 Å². The Bertz CT molecular complexity index is 1310. The molecule has 7 heteroatoms. The van der Waals surface area contributed by atoms with Crippen LogP contribution in [0, 0.1) is 6.92 Å². The van der Waals surface area contributed by atoms with Crippen molar-refractivity contribution in [3.05, 3.63) is 77.7 Å². The Kier molecular flexibility index (Phi) is 6.49. The van der Waals surface area contributed by atoms with Crippen LogP contribution in [0.1, 0.15) is 54.4 Å². The number of carbonyl (C=O) groups is 1. The molecule has 2 aromatic heterocycles. The molecular weight excluding hydrogens is 436 g/mol. The third kappa shape index (κ3) is 4.63. The van der Waals surface area contributed by atoms with Crippen molar-refractivity contribution >= 4 is 22.8 Å². The maximum Gasteiger partial charge on any atom is 0.253 e. The van der Waals surface area contributed by atoms with Crippen molar-refractivity contribution in [3.63, 3.8) is 0 Å². The number of aryl methyl sites for hydroxylation is 1. The van der Waals surface area contributed by atoms with Crippen LogP contribution in [0.2, 0.25) is 0 Å². The van der Waals surface area contributed by atoms with Crippen LogP contribution < -0.4 is 4.90 Å². The summed E-state index contributed by atoms with van der Waals surface area (Å²) in [6.07, 6.45) is 3.98. The van der Waals surface area contributed by atoms with E-state index in [4.69, 9.17) is 9.97 Å². The van der Waals surface area contributed by atoms with Gasteiger partial charge in [0, 0.05) is 37.7 Å². The van der Waals surface area contributed by atoms with Gasteiger partial charge in [0.1, 0.15) is 11.6 Å². The van der Waals surface area contributed by atoms with E-state index in [9.17, 15) is 4.79 Å². The molecule has 180 valence electrons. The molecular formula is C28H32N6O. The van der Waals surface area contributed by atoms with E-state index >= 15 is 0 Å². The number of para-hydroxylation sites is 1. The Morgan fingerprint density at radius 2 is 1.69 bits per heavy atom. The molecule has 0 bridgehead atoms. The number of aromatic nitrogens is 4. The van der Waals surface area contributed by atoms with Gasteiger partial charge in [-0.15, -0.1) is 0 Å². The molecule has 4 aromatic rings. The molecule has 5 rings (SSSR count). The molecule has 2 aromatic carbocycles. The van der Waals surface area contributed by atoms with Crippen LogP contribution in [-0.4, -0.2) is 56.7 Å². The predicted molar refractivity (Wildman–Crippen MR) is 139 cm³/mol. The first-order chi connectivity index (χ1) is 17.0. The molecule has 35 heavy (non-hydrogen) atoms. The highest BCUT2D eigenvalue weighted by Gasteiger charge is 2.26. The lowest BCUT2D eigenvalue weighted by Gasteiger charge is -2.36. The topological polar surface area (TPSA) is 67.2 Å². The molecule has 1 aliphatic rings. The Morgan fingerprint density at radius 1 is 0.971 bits per heavy atom. The normalized spacial score (nSPS) is 14.9. The maximum atomic E-state index is 13.0. The largest absolute Gasteiger partial charge is 0.352 e. The molecule has 7 nitrogen and oxygen atoms in total. The number of rotatable bonds is 6. The minimum Gasteiger partial charge on any atom is -0.352 e. The second kappa shape index (κ2) is 9.86. The first kappa shape index (κ1) is 23.0. The molecule has 1 amide bonds. The van der Waals surface area contributed by atoms with Crippen LogP contribution in [0.3, 0.4) is 0 Å². The summed E-state index contributed by atoms with van der Waals surface area (Å²) in [6, 6.07) is 17.9. The number of fused-ring (bicyclic) bond motifs is 1. The van der Waals surface area contributed by atoms with Crippen molar-refractivity contribution in [2.24, 2.45) is 0 Å². The van der Waals surface area contributed by atoms with E-state index in [1.165, 1.54) is 0 Å². The van der Waals surface area contributed by atoms with E-state index < -0.39 is 0 Å². The molecule has 3 heterocycles. The molecule has 0 saturated carbocycles. The standard InChI is InChI=1S/C28H32N6O/c1-4-8-21(3)25-30-26(24-19-29-34(27(24)31-25)23-9-6-5-7-10-23)32-15-17-33(18-16-32)28(35)22-13-11-20(2)12-14-22/h5-7,9-14,19,21H,4,8,15-18H2,1-3H3/t21-/m0/s1. The van der Waals surface area contributed by atoms with Gasteiger partial charge in [-0.2, -0.15) is 5.10 Å². The summed E-state index contributed by atoms with van der Waals surface area (Å²) >= 11 is 0. The molecule has 0 spiro atoms. The lowest BCUT2D eigenvalue weighted by molar-refractivity contribution is 0.0746. The van der Waals surface area contributed by atoms with Crippen LogP contribution in [0.15, 0.2) is 60.8 Å². The number of hydrogen-bond donors (Lipinski definition) is 0. The fourth-order valence-electron chi connectivity index (χ4n) is 4.69. The number of benzene rings is 2. The van der Waals surface area contributed by atoms with E-state index in [0.29, 0.717) is 13.1 Å². The molecule has 1 saturated heterocycles. The second-order valence-corrected chi connectivity index (χ2v) is 9.37. The van der Waals surface area contributed by atoms with Crippen molar-refractivity contribution in [1.29, 1.82) is 0 Å². The number of anilines is 1. The molecule has 1 fully saturated rings. The quantitative estimate of drug-likeness (QED) is 0.399. The Hall–Kier alpha value is -3.74. The summed E-state index contributed by atoms with van der Waals surface area (Å²) in [4.78, 5) is 27.2. The fourth-order valence-corrected chi connectivity index (χ4v) is 4.69. The Morgan fingerprint density at radius 3 is 2.37 bits per heavy atom. The average Bonchev–Trinajstić information content (AvgIpc) is 3.33. The average molecular weight is 469 g/mol. The van der Waals surface area contributed by atoms with Crippen LogP contribution in [-0.2, 0) is 0 Å². The molecule has 0 unspecified atom stereocenters. The van der Waals surface area contributed by atoms with Gasteiger partial charge in [0.25, 0.3) is 5.91 Å². The van der Waals surface area contributed by atoms with Gasteiger partial charge in [-0.05, 0) is 37.6 Å². The van der Waals surface area contributed by atoms with Crippen molar-refractivity contribution < 1.29 is 4.79 Å². The highest BCUT2D eigenvalue weighted by atomic mass is 16.2. The fraction of sp³-hybridized carbons (Fsp3) is 0.357. The van der Waals surface area contributed by atoms with Gasteiger partial charge in [0.2, 0.25) is 0 Å². The summed E-state index contributed by atoms with van der Waals surface area (Å²) in [5, 5.41) is 5.62. The highest BCUT2D eigenvalue weighted by molar-refractivity contribution is 5.94. The summed E-state index contributed by atoms with van der Waals surface area (Å²) in [6.45, 7) is 9.18.